The van der Waals surface area contributed by atoms with Gasteiger partial charge in [0.2, 0.25) is 0 Å². The summed E-state index contributed by atoms with van der Waals surface area (Å²) in [5.41, 5.74) is 0.689. The lowest BCUT2D eigenvalue weighted by atomic mass is 10.3. The molecule has 0 saturated carbocycles. The summed E-state index contributed by atoms with van der Waals surface area (Å²) in [6, 6.07) is 3.21. The van der Waals surface area contributed by atoms with E-state index in [9.17, 15) is 18.0 Å². The van der Waals surface area contributed by atoms with E-state index in [1.54, 1.807) is 6.07 Å². The number of aromatic nitrogens is 2. The van der Waals surface area contributed by atoms with E-state index in [0.717, 1.165) is 11.1 Å². The van der Waals surface area contributed by atoms with Gasteiger partial charge in [0.05, 0.1) is 5.51 Å². The fourth-order valence-electron chi connectivity index (χ4n) is 1.32. The van der Waals surface area contributed by atoms with Gasteiger partial charge in [-0.2, -0.15) is 13.2 Å². The summed E-state index contributed by atoms with van der Waals surface area (Å²) < 4.78 is 37.7. The Bertz CT molecular complexity index is 592. The number of aryl methyl sites for hydroxylation is 1. The molecule has 2 heterocycles. The topological polar surface area (TPSA) is 54.9 Å². The van der Waals surface area contributed by atoms with Gasteiger partial charge in [0.25, 0.3) is 5.91 Å². The third kappa shape index (κ3) is 3.08. The Morgan fingerprint density at radius 2 is 2.05 bits per heavy atom. The van der Waals surface area contributed by atoms with Crippen molar-refractivity contribution >= 4 is 23.1 Å². The number of alkyl halides is 3. The first-order valence-corrected chi connectivity index (χ1v) is 6.00. The van der Waals surface area contributed by atoms with Crippen molar-refractivity contribution in [3.63, 3.8) is 0 Å². The summed E-state index contributed by atoms with van der Waals surface area (Å²) in [7, 11) is 0. The van der Waals surface area contributed by atoms with Gasteiger partial charge in [-0.05, 0) is 18.6 Å². The second kappa shape index (κ2) is 4.96. The minimum absolute atomic E-state index is 0.192. The Hall–Kier alpha value is -1.96. The number of hydrogen-bond acceptors (Lipinski definition) is 4. The van der Waals surface area contributed by atoms with E-state index in [0.29, 0.717) is 11.3 Å². The van der Waals surface area contributed by atoms with Crippen molar-refractivity contribution in [2.75, 3.05) is 5.32 Å². The van der Waals surface area contributed by atoms with Crippen molar-refractivity contribution in [3.8, 4) is 0 Å². The van der Waals surface area contributed by atoms with Crippen molar-refractivity contribution in [2.45, 2.75) is 13.1 Å². The van der Waals surface area contributed by atoms with E-state index in [1.165, 1.54) is 12.3 Å². The summed E-state index contributed by atoms with van der Waals surface area (Å²) in [6.07, 6.45) is -3.14. The average Bonchev–Trinajstić information content (AvgIpc) is 2.81. The molecule has 2 rings (SSSR count). The number of pyridine rings is 1. The van der Waals surface area contributed by atoms with Crippen LogP contribution in [0.1, 0.15) is 20.9 Å². The van der Waals surface area contributed by atoms with Crippen LogP contribution in [0.2, 0.25) is 0 Å². The lowest BCUT2D eigenvalue weighted by Gasteiger charge is -2.07. The molecular weight excluding hydrogens is 279 g/mol. The number of carbonyl (C=O) groups is 1. The van der Waals surface area contributed by atoms with Crippen LogP contribution >= 0.6 is 11.3 Å². The third-order valence-corrected chi connectivity index (χ3v) is 3.02. The Kier molecular flexibility index (Phi) is 3.52. The average molecular weight is 287 g/mol. The summed E-state index contributed by atoms with van der Waals surface area (Å²) in [4.78, 5) is 18.3. The molecule has 0 radical (unpaired) electrons. The van der Waals surface area contributed by atoms with E-state index in [-0.39, 0.29) is 5.82 Å². The van der Waals surface area contributed by atoms with Crippen LogP contribution in [-0.4, -0.2) is 15.9 Å². The van der Waals surface area contributed by atoms with E-state index < -0.39 is 22.7 Å². The first-order valence-electron chi connectivity index (χ1n) is 5.12. The number of halogens is 3. The van der Waals surface area contributed by atoms with Crippen LogP contribution in [0.5, 0.6) is 0 Å². The highest BCUT2D eigenvalue weighted by Crippen LogP contribution is 2.32. The molecule has 0 aliphatic carbocycles. The van der Waals surface area contributed by atoms with E-state index in [1.807, 2.05) is 6.92 Å². The molecule has 0 atom stereocenters. The summed E-state index contributed by atoms with van der Waals surface area (Å²) in [5.74, 6) is -0.677. The van der Waals surface area contributed by atoms with E-state index >= 15 is 0 Å². The number of rotatable bonds is 2. The van der Waals surface area contributed by atoms with Gasteiger partial charge in [-0.15, -0.1) is 11.3 Å². The summed E-state index contributed by atoms with van der Waals surface area (Å²) in [6.45, 7) is 1.81. The molecule has 8 heteroatoms. The second-order valence-corrected chi connectivity index (χ2v) is 4.56. The Morgan fingerprint density at radius 3 is 2.63 bits per heavy atom. The largest absolute Gasteiger partial charge is 0.434 e. The van der Waals surface area contributed by atoms with Crippen LogP contribution in [0.3, 0.4) is 0 Å². The monoisotopic (exact) mass is 287 g/mol. The number of anilines is 1. The van der Waals surface area contributed by atoms with Crippen LogP contribution in [0.15, 0.2) is 23.8 Å². The number of hydrogen-bond donors (Lipinski definition) is 1. The molecule has 19 heavy (non-hydrogen) atoms. The minimum Gasteiger partial charge on any atom is -0.306 e. The van der Waals surface area contributed by atoms with Crippen molar-refractivity contribution in [1.29, 1.82) is 0 Å². The van der Waals surface area contributed by atoms with Gasteiger partial charge in [-0.3, -0.25) is 4.79 Å². The van der Waals surface area contributed by atoms with Gasteiger partial charge < -0.3 is 5.32 Å². The number of carbonyl (C=O) groups excluding carboxylic acids is 1. The molecular formula is C11H8F3N3OS. The van der Waals surface area contributed by atoms with Gasteiger partial charge in [0, 0.05) is 6.20 Å². The molecule has 0 unspecified atom stereocenters. The van der Waals surface area contributed by atoms with Crippen molar-refractivity contribution in [3.05, 3.63) is 40.0 Å². The third-order valence-electron chi connectivity index (χ3n) is 2.20. The van der Waals surface area contributed by atoms with Gasteiger partial charge >= 0.3 is 6.18 Å². The molecule has 1 N–H and O–H groups in total. The fraction of sp³-hybridized carbons (Fsp3) is 0.182. The molecule has 4 nitrogen and oxygen atoms in total. The van der Waals surface area contributed by atoms with E-state index in [4.69, 9.17) is 0 Å². The minimum atomic E-state index is -4.65. The molecule has 0 bridgehead atoms. The highest BCUT2D eigenvalue weighted by molar-refractivity contribution is 7.12. The molecule has 0 fully saturated rings. The number of thiazole rings is 1. The van der Waals surface area contributed by atoms with Gasteiger partial charge in [0.1, 0.15) is 10.7 Å². The van der Waals surface area contributed by atoms with Gasteiger partial charge in [-0.25, -0.2) is 9.97 Å². The van der Waals surface area contributed by atoms with Crippen LogP contribution in [-0.2, 0) is 6.18 Å². The Balaban J connectivity index is 2.21. The zero-order chi connectivity index (χ0) is 14.0. The van der Waals surface area contributed by atoms with Crippen LogP contribution in [0, 0.1) is 6.92 Å². The molecule has 100 valence electrons. The normalized spacial score (nSPS) is 11.4. The quantitative estimate of drug-likeness (QED) is 0.923. The van der Waals surface area contributed by atoms with Crippen molar-refractivity contribution in [1.82, 2.24) is 9.97 Å². The van der Waals surface area contributed by atoms with Crippen LogP contribution in [0.4, 0.5) is 19.0 Å². The first kappa shape index (κ1) is 13.5. The lowest BCUT2D eigenvalue weighted by molar-refractivity contribution is -0.141. The van der Waals surface area contributed by atoms with Crippen LogP contribution < -0.4 is 5.32 Å². The molecule has 0 aliphatic rings. The summed E-state index contributed by atoms with van der Waals surface area (Å²) >= 11 is 0.636. The standard InChI is InChI=1S/C11H8F3N3OS/c1-6-2-3-7(15-4-6)17-10(18)8-9(11(12,13)14)16-5-19-8/h2-5H,1H3,(H,15,17,18). The van der Waals surface area contributed by atoms with Crippen molar-refractivity contribution in [2.24, 2.45) is 0 Å². The maximum atomic E-state index is 12.6. The Morgan fingerprint density at radius 1 is 1.32 bits per heavy atom. The predicted octanol–water partition coefficient (Wildman–Crippen LogP) is 3.12. The molecule has 0 spiro atoms. The molecule has 0 aliphatic heterocycles. The second-order valence-electron chi connectivity index (χ2n) is 3.70. The fourth-order valence-corrected chi connectivity index (χ4v) is 2.03. The first-order chi connectivity index (χ1) is 8.88. The van der Waals surface area contributed by atoms with Crippen molar-refractivity contribution < 1.29 is 18.0 Å². The smallest absolute Gasteiger partial charge is 0.306 e. The lowest BCUT2D eigenvalue weighted by Crippen LogP contribution is -2.17. The maximum absolute atomic E-state index is 12.6. The zero-order valence-electron chi connectivity index (χ0n) is 9.65. The predicted molar refractivity (Wildman–Crippen MR) is 64.0 cm³/mol. The van der Waals surface area contributed by atoms with Crippen LogP contribution in [0.25, 0.3) is 0 Å². The zero-order valence-corrected chi connectivity index (χ0v) is 10.5. The summed E-state index contributed by atoms with van der Waals surface area (Å²) in [5, 5.41) is 2.30. The number of amides is 1. The van der Waals surface area contributed by atoms with E-state index in [2.05, 4.69) is 15.3 Å². The number of nitrogens with one attached hydrogen (secondary N) is 1. The Labute approximate surface area is 110 Å². The highest BCUT2D eigenvalue weighted by Gasteiger charge is 2.38. The molecule has 2 aromatic rings. The highest BCUT2D eigenvalue weighted by atomic mass is 32.1. The maximum Gasteiger partial charge on any atom is 0.434 e. The molecule has 0 saturated heterocycles. The molecule has 1 amide bonds. The number of nitrogens with zero attached hydrogens (tertiary/aromatic N) is 2. The van der Waals surface area contributed by atoms with Gasteiger partial charge in [0.15, 0.2) is 5.69 Å². The SMILES string of the molecule is Cc1ccc(NC(=O)c2scnc2C(F)(F)F)nc1. The van der Waals surface area contributed by atoms with Gasteiger partial charge in [-0.1, -0.05) is 6.07 Å². The molecule has 0 aromatic carbocycles. The molecule has 2 aromatic heterocycles.